The van der Waals surface area contributed by atoms with Gasteiger partial charge in [0.2, 0.25) is 29.5 Å². The number of imide groups is 1. The molecule has 1 aliphatic rings. The van der Waals surface area contributed by atoms with Gasteiger partial charge in [-0.05, 0) is 48.8 Å². The van der Waals surface area contributed by atoms with Crippen molar-refractivity contribution in [2.24, 2.45) is 23.2 Å². The number of nitrogens with one attached hydrogen (secondary N) is 3. The number of amides is 5. The number of rotatable bonds is 15. The first-order chi connectivity index (χ1) is 20.5. The van der Waals surface area contributed by atoms with Crippen molar-refractivity contribution in [2.75, 3.05) is 11.9 Å². The van der Waals surface area contributed by atoms with Crippen molar-refractivity contribution in [3.05, 3.63) is 29.8 Å². The molecule has 0 radical (unpaired) electrons. The molecule has 1 saturated heterocycles. The maximum Gasteiger partial charge on any atom is 0.308 e. The second kappa shape index (κ2) is 16.4. The van der Waals surface area contributed by atoms with Crippen LogP contribution in [0, 0.1) is 23.2 Å². The summed E-state index contributed by atoms with van der Waals surface area (Å²) in [5.74, 6) is -2.43. The first kappa shape index (κ1) is 36.4. The fourth-order valence-electron chi connectivity index (χ4n) is 4.73. The molecule has 0 spiro atoms. The number of carbonyl (C=O) groups excluding carboxylic acids is 6. The highest BCUT2D eigenvalue weighted by Crippen LogP contribution is 2.35. The van der Waals surface area contributed by atoms with Crippen LogP contribution in [0.5, 0.6) is 0 Å². The van der Waals surface area contributed by atoms with Crippen LogP contribution >= 0.6 is 0 Å². The second-order valence-electron chi connectivity index (χ2n) is 13.3. The van der Waals surface area contributed by atoms with Gasteiger partial charge in [0.15, 0.2) is 0 Å². The number of hydrogen-bond acceptors (Lipinski definition) is 7. The van der Waals surface area contributed by atoms with Gasteiger partial charge in [0.25, 0.3) is 0 Å². The van der Waals surface area contributed by atoms with E-state index in [2.05, 4.69) is 16.0 Å². The zero-order chi connectivity index (χ0) is 33.2. The van der Waals surface area contributed by atoms with E-state index >= 15 is 0 Å². The average molecular weight is 615 g/mol. The van der Waals surface area contributed by atoms with Crippen LogP contribution in [0.2, 0.25) is 0 Å². The van der Waals surface area contributed by atoms with Crippen LogP contribution < -0.4 is 16.0 Å². The van der Waals surface area contributed by atoms with Gasteiger partial charge in [0.05, 0.1) is 11.8 Å². The predicted octanol–water partition coefficient (Wildman–Crippen LogP) is 3.95. The summed E-state index contributed by atoms with van der Waals surface area (Å²) >= 11 is 0. The molecule has 1 aromatic carbocycles. The lowest BCUT2D eigenvalue weighted by atomic mass is 9.80. The highest BCUT2D eigenvalue weighted by atomic mass is 16.5. The minimum absolute atomic E-state index is 0.117. The Kier molecular flexibility index (Phi) is 13.5. The first-order valence-corrected chi connectivity index (χ1v) is 15.5. The number of ether oxygens (including phenoxy) is 1. The average Bonchev–Trinajstić information content (AvgIpc) is 3.23. The summed E-state index contributed by atoms with van der Waals surface area (Å²) in [7, 11) is 0. The normalized spacial score (nSPS) is 16.6. The van der Waals surface area contributed by atoms with Gasteiger partial charge in [0.1, 0.15) is 18.7 Å². The van der Waals surface area contributed by atoms with Gasteiger partial charge in [-0.2, -0.15) is 0 Å². The van der Waals surface area contributed by atoms with Crippen LogP contribution in [0.3, 0.4) is 0 Å². The highest BCUT2D eigenvalue weighted by molar-refractivity contribution is 6.04. The van der Waals surface area contributed by atoms with Gasteiger partial charge in [0, 0.05) is 25.1 Å². The third kappa shape index (κ3) is 11.1. The van der Waals surface area contributed by atoms with Crippen molar-refractivity contribution in [1.29, 1.82) is 0 Å². The van der Waals surface area contributed by atoms with Gasteiger partial charge >= 0.3 is 5.97 Å². The minimum atomic E-state index is -0.860. The van der Waals surface area contributed by atoms with E-state index in [9.17, 15) is 28.8 Å². The summed E-state index contributed by atoms with van der Waals surface area (Å²) in [4.78, 5) is 76.2. The maximum absolute atomic E-state index is 13.0. The van der Waals surface area contributed by atoms with Crippen LogP contribution in [-0.2, 0) is 40.1 Å². The largest absolute Gasteiger partial charge is 0.461 e. The Morgan fingerprint density at radius 2 is 1.55 bits per heavy atom. The lowest BCUT2D eigenvalue weighted by Crippen LogP contribution is -2.53. The topological polar surface area (TPSA) is 151 Å². The summed E-state index contributed by atoms with van der Waals surface area (Å²) in [6, 6.07) is 5.17. The summed E-state index contributed by atoms with van der Waals surface area (Å²) < 4.78 is 5.20. The molecule has 244 valence electrons. The van der Waals surface area contributed by atoms with Crippen molar-refractivity contribution < 1.29 is 33.5 Å². The van der Waals surface area contributed by atoms with Crippen molar-refractivity contribution in [3.8, 4) is 0 Å². The smallest absolute Gasteiger partial charge is 0.308 e. The Labute approximate surface area is 261 Å². The molecule has 1 aromatic rings. The SMILES string of the molecule is CC(C)C(=O)OCc1ccc(NC(=O)[C@H](C)NC(=O)[C@@H](NC(=O)CCCCCN2C(=O)CC(C(C)(C)C)C2=O)C(C)C)cc1. The molecule has 5 amide bonds. The van der Waals surface area contributed by atoms with Crippen LogP contribution in [0.25, 0.3) is 0 Å². The maximum atomic E-state index is 13.0. The molecule has 11 nitrogen and oxygen atoms in total. The van der Waals surface area contributed by atoms with E-state index in [0.29, 0.717) is 31.5 Å². The minimum Gasteiger partial charge on any atom is -0.461 e. The molecule has 2 rings (SSSR count). The summed E-state index contributed by atoms with van der Waals surface area (Å²) in [6.07, 6.45) is 2.26. The number of benzene rings is 1. The van der Waals surface area contributed by atoms with Crippen LogP contribution in [0.15, 0.2) is 24.3 Å². The number of unbranched alkanes of at least 4 members (excludes halogenated alkanes) is 2. The van der Waals surface area contributed by atoms with Crippen molar-refractivity contribution in [1.82, 2.24) is 15.5 Å². The van der Waals surface area contributed by atoms with E-state index in [1.54, 1.807) is 45.0 Å². The number of carbonyl (C=O) groups is 6. The van der Waals surface area contributed by atoms with Crippen molar-refractivity contribution in [3.63, 3.8) is 0 Å². The van der Waals surface area contributed by atoms with Crippen LogP contribution in [0.1, 0.15) is 93.1 Å². The molecular weight excluding hydrogens is 564 g/mol. The number of hydrogen-bond donors (Lipinski definition) is 3. The van der Waals surface area contributed by atoms with E-state index in [1.165, 1.54) is 4.90 Å². The zero-order valence-corrected chi connectivity index (χ0v) is 27.5. The third-order valence-electron chi connectivity index (χ3n) is 7.67. The molecule has 1 heterocycles. The Hall–Kier alpha value is -3.76. The van der Waals surface area contributed by atoms with E-state index in [1.807, 2.05) is 34.6 Å². The quantitative estimate of drug-likeness (QED) is 0.154. The van der Waals surface area contributed by atoms with Gasteiger partial charge in [-0.1, -0.05) is 67.0 Å². The second-order valence-corrected chi connectivity index (χ2v) is 13.3. The molecular formula is C33H50N4O7. The van der Waals surface area contributed by atoms with E-state index in [0.717, 1.165) is 5.56 Å². The molecule has 3 N–H and O–H groups in total. The third-order valence-corrected chi connectivity index (χ3v) is 7.67. The summed E-state index contributed by atoms with van der Waals surface area (Å²) in [5, 5.41) is 8.20. The zero-order valence-electron chi connectivity index (χ0n) is 27.5. The van der Waals surface area contributed by atoms with Crippen LogP contribution in [0.4, 0.5) is 5.69 Å². The summed E-state index contributed by atoms with van der Waals surface area (Å²) in [6.45, 7) is 15.1. The number of nitrogens with zero attached hydrogens (tertiary/aromatic N) is 1. The molecule has 0 aliphatic carbocycles. The van der Waals surface area contributed by atoms with E-state index in [4.69, 9.17) is 4.74 Å². The molecule has 0 aromatic heterocycles. The number of likely N-dealkylation sites (tertiary alicyclic amines) is 1. The molecule has 1 unspecified atom stereocenters. The Morgan fingerprint density at radius 3 is 2.09 bits per heavy atom. The lowest BCUT2D eigenvalue weighted by molar-refractivity contribution is -0.148. The van der Waals surface area contributed by atoms with Gasteiger partial charge < -0.3 is 20.7 Å². The molecule has 11 heteroatoms. The van der Waals surface area contributed by atoms with Crippen LogP contribution in [-0.4, -0.2) is 59.0 Å². The Balaban J connectivity index is 1.76. The molecule has 0 bridgehead atoms. The van der Waals surface area contributed by atoms with E-state index < -0.39 is 23.9 Å². The number of anilines is 1. The molecule has 1 aliphatic heterocycles. The summed E-state index contributed by atoms with van der Waals surface area (Å²) in [5.41, 5.74) is 1.04. The van der Waals surface area contributed by atoms with Gasteiger partial charge in [-0.25, -0.2) is 0 Å². The van der Waals surface area contributed by atoms with Crippen molar-refractivity contribution in [2.45, 2.75) is 106 Å². The monoisotopic (exact) mass is 614 g/mol. The highest BCUT2D eigenvalue weighted by Gasteiger charge is 2.44. The van der Waals surface area contributed by atoms with Gasteiger partial charge in [-0.15, -0.1) is 0 Å². The van der Waals surface area contributed by atoms with Crippen molar-refractivity contribution >= 4 is 41.2 Å². The lowest BCUT2D eigenvalue weighted by Gasteiger charge is -2.25. The fraction of sp³-hybridized carbons (Fsp3) is 0.636. The number of esters is 1. The first-order valence-electron chi connectivity index (χ1n) is 15.5. The molecule has 1 fully saturated rings. The van der Waals surface area contributed by atoms with Gasteiger partial charge in [-0.3, -0.25) is 33.7 Å². The molecule has 3 atom stereocenters. The predicted molar refractivity (Wildman–Crippen MR) is 167 cm³/mol. The molecule has 0 saturated carbocycles. The molecule has 44 heavy (non-hydrogen) atoms. The Morgan fingerprint density at radius 1 is 0.909 bits per heavy atom. The van der Waals surface area contributed by atoms with E-state index in [-0.39, 0.29) is 66.3 Å². The standard InChI is InChI=1S/C33H50N4O7/c1-20(2)28(36-26(38)12-10-9-11-17-37-27(39)18-25(31(37)42)33(6,7)8)30(41)34-22(5)29(40)35-24-15-13-23(14-16-24)19-44-32(43)21(3)4/h13-16,20-22,25,28H,9-12,17-19H2,1-8H3,(H,34,41)(H,35,40)(H,36,38)/t22-,25?,28-/m0/s1. The Bertz CT molecular complexity index is 1190. The fourth-order valence-corrected chi connectivity index (χ4v) is 4.73.